The third kappa shape index (κ3) is 4.57. The minimum Gasteiger partial charge on any atom is -0.380 e. The zero-order valence-electron chi connectivity index (χ0n) is 13.4. The van der Waals surface area contributed by atoms with Crippen LogP contribution < -0.4 is 5.32 Å². The fourth-order valence-corrected chi connectivity index (χ4v) is 2.85. The molecule has 5 heteroatoms. The molecule has 0 bridgehead atoms. The van der Waals surface area contributed by atoms with Crippen LogP contribution in [0.15, 0.2) is 4.47 Å². The molecule has 0 aliphatic carbocycles. The smallest absolute Gasteiger partial charge is 0.0767 e. The van der Waals surface area contributed by atoms with Gasteiger partial charge in [-0.2, -0.15) is 5.10 Å². The van der Waals surface area contributed by atoms with Crippen LogP contribution in [0.3, 0.4) is 0 Å². The summed E-state index contributed by atoms with van der Waals surface area (Å²) >= 11 is 3.69. The Balaban J connectivity index is 2.74. The Bertz CT molecular complexity index is 404. The first-order chi connectivity index (χ1) is 9.54. The number of aryl methyl sites for hydroxylation is 2. The van der Waals surface area contributed by atoms with Crippen molar-refractivity contribution in [3.05, 3.63) is 15.9 Å². The minimum atomic E-state index is 0.368. The summed E-state index contributed by atoms with van der Waals surface area (Å²) in [6, 6.07) is 0.368. The second-order valence-electron chi connectivity index (χ2n) is 5.27. The van der Waals surface area contributed by atoms with Crippen LogP contribution in [0.5, 0.6) is 0 Å². The Morgan fingerprint density at radius 1 is 1.30 bits per heavy atom. The maximum Gasteiger partial charge on any atom is 0.0767 e. The molecule has 0 saturated heterocycles. The van der Waals surface area contributed by atoms with E-state index in [4.69, 9.17) is 4.74 Å². The van der Waals surface area contributed by atoms with Gasteiger partial charge >= 0.3 is 0 Å². The molecule has 1 aromatic heterocycles. The first-order valence-corrected chi connectivity index (χ1v) is 8.39. The summed E-state index contributed by atoms with van der Waals surface area (Å²) in [6.07, 6.45) is 0.952. The molecule has 1 aromatic rings. The van der Waals surface area contributed by atoms with Crippen LogP contribution in [-0.2, 0) is 24.2 Å². The number of nitrogens with one attached hydrogen (secondary N) is 1. The highest BCUT2D eigenvalue weighted by Gasteiger charge is 2.17. The first kappa shape index (κ1) is 17.7. The molecule has 20 heavy (non-hydrogen) atoms. The summed E-state index contributed by atoms with van der Waals surface area (Å²) in [4.78, 5) is 0. The van der Waals surface area contributed by atoms with Crippen LogP contribution in [0, 0.1) is 5.92 Å². The van der Waals surface area contributed by atoms with Crippen molar-refractivity contribution < 1.29 is 4.74 Å². The van der Waals surface area contributed by atoms with Crippen molar-refractivity contribution in [3.63, 3.8) is 0 Å². The monoisotopic (exact) mass is 345 g/mol. The lowest BCUT2D eigenvalue weighted by atomic mass is 10.1. The molecule has 1 unspecified atom stereocenters. The molecule has 1 rings (SSSR count). The van der Waals surface area contributed by atoms with Gasteiger partial charge in [-0.25, -0.2) is 0 Å². The van der Waals surface area contributed by atoms with Gasteiger partial charge in [0.2, 0.25) is 0 Å². The normalized spacial score (nSPS) is 13.2. The lowest BCUT2D eigenvalue weighted by molar-refractivity contribution is 0.107. The molecule has 1 atom stereocenters. The number of halogens is 1. The van der Waals surface area contributed by atoms with Crippen molar-refractivity contribution in [1.82, 2.24) is 15.1 Å². The highest BCUT2D eigenvalue weighted by atomic mass is 79.9. The second-order valence-corrected chi connectivity index (χ2v) is 6.06. The van der Waals surface area contributed by atoms with Crippen molar-refractivity contribution >= 4 is 15.9 Å². The van der Waals surface area contributed by atoms with Crippen molar-refractivity contribution in [3.8, 4) is 0 Å². The summed E-state index contributed by atoms with van der Waals surface area (Å²) in [6.45, 7) is 14.0. The van der Waals surface area contributed by atoms with Crippen LogP contribution in [0.25, 0.3) is 0 Å². The fraction of sp³-hybridized carbons (Fsp3) is 0.800. The number of ether oxygens (including phenoxy) is 1. The van der Waals surface area contributed by atoms with Crippen LogP contribution in [-0.4, -0.2) is 29.0 Å². The van der Waals surface area contributed by atoms with Crippen LogP contribution in [0.2, 0.25) is 0 Å². The number of rotatable bonds is 9. The Morgan fingerprint density at radius 3 is 2.50 bits per heavy atom. The van der Waals surface area contributed by atoms with Gasteiger partial charge in [-0.3, -0.25) is 4.68 Å². The van der Waals surface area contributed by atoms with E-state index in [0.717, 1.165) is 42.9 Å². The van der Waals surface area contributed by atoms with Gasteiger partial charge in [-0.15, -0.1) is 0 Å². The van der Waals surface area contributed by atoms with Gasteiger partial charge in [-0.1, -0.05) is 20.8 Å². The highest BCUT2D eigenvalue weighted by Crippen LogP contribution is 2.22. The molecule has 0 saturated carbocycles. The van der Waals surface area contributed by atoms with Crippen molar-refractivity contribution in [2.75, 3.05) is 13.2 Å². The van der Waals surface area contributed by atoms with E-state index in [1.165, 1.54) is 5.69 Å². The van der Waals surface area contributed by atoms with E-state index in [1.807, 2.05) is 6.92 Å². The molecule has 1 heterocycles. The molecule has 0 aromatic carbocycles. The highest BCUT2D eigenvalue weighted by molar-refractivity contribution is 9.10. The van der Waals surface area contributed by atoms with Gasteiger partial charge in [0.05, 0.1) is 22.5 Å². The zero-order valence-corrected chi connectivity index (χ0v) is 15.0. The van der Waals surface area contributed by atoms with Crippen LogP contribution in [0.1, 0.15) is 46.0 Å². The van der Waals surface area contributed by atoms with E-state index in [-0.39, 0.29) is 0 Å². The summed E-state index contributed by atoms with van der Waals surface area (Å²) in [5.41, 5.74) is 2.36. The lowest BCUT2D eigenvalue weighted by Gasteiger charge is -2.22. The SMILES string of the molecule is CCOCC(NCc1c(Br)c(CC)nn1CC)C(C)C. The van der Waals surface area contributed by atoms with Crippen LogP contribution >= 0.6 is 15.9 Å². The molecular formula is C15H28BrN3O. The minimum absolute atomic E-state index is 0.368. The molecule has 0 aliphatic heterocycles. The van der Waals surface area contributed by atoms with E-state index in [1.54, 1.807) is 0 Å². The standard InChI is InChI=1S/C15H28BrN3O/c1-6-12-15(16)14(19(7-2)18-12)9-17-13(11(4)5)10-20-8-3/h11,13,17H,6-10H2,1-5H3. The maximum atomic E-state index is 5.56. The molecular weight excluding hydrogens is 318 g/mol. The average molecular weight is 346 g/mol. The Labute approximate surface area is 131 Å². The predicted molar refractivity (Wildman–Crippen MR) is 86.9 cm³/mol. The predicted octanol–water partition coefficient (Wildman–Crippen LogP) is 3.38. The number of aromatic nitrogens is 2. The Kier molecular flexibility index (Phi) is 7.77. The molecule has 0 radical (unpaired) electrons. The van der Waals surface area contributed by atoms with Gasteiger partial charge in [-0.05, 0) is 42.1 Å². The number of hydrogen-bond acceptors (Lipinski definition) is 3. The molecule has 0 aliphatic rings. The van der Waals surface area contributed by atoms with Gasteiger partial charge in [0, 0.05) is 25.7 Å². The number of nitrogens with zero attached hydrogens (tertiary/aromatic N) is 2. The summed E-state index contributed by atoms with van der Waals surface area (Å²) in [7, 11) is 0. The van der Waals surface area contributed by atoms with E-state index < -0.39 is 0 Å². The fourth-order valence-electron chi connectivity index (χ4n) is 2.15. The van der Waals surface area contributed by atoms with Gasteiger partial charge in [0.25, 0.3) is 0 Å². The molecule has 0 amide bonds. The van der Waals surface area contributed by atoms with Crippen LogP contribution in [0.4, 0.5) is 0 Å². The lowest BCUT2D eigenvalue weighted by Crippen LogP contribution is -2.38. The molecule has 116 valence electrons. The van der Waals surface area contributed by atoms with Gasteiger partial charge in [0.15, 0.2) is 0 Å². The summed E-state index contributed by atoms with van der Waals surface area (Å²) in [5, 5.41) is 8.24. The van der Waals surface area contributed by atoms with Gasteiger partial charge in [0.1, 0.15) is 0 Å². The summed E-state index contributed by atoms with van der Waals surface area (Å²) < 4.78 is 8.79. The van der Waals surface area contributed by atoms with Crippen molar-refractivity contribution in [2.45, 2.75) is 60.2 Å². The Morgan fingerprint density at radius 2 is 2.00 bits per heavy atom. The third-order valence-electron chi connectivity index (χ3n) is 3.53. The Hall–Kier alpha value is -0.390. The van der Waals surface area contributed by atoms with E-state index in [9.17, 15) is 0 Å². The van der Waals surface area contributed by atoms with E-state index in [2.05, 4.69) is 58.7 Å². The molecule has 1 N–H and O–H groups in total. The van der Waals surface area contributed by atoms with Crippen molar-refractivity contribution in [2.24, 2.45) is 5.92 Å². The van der Waals surface area contributed by atoms with Crippen molar-refractivity contribution in [1.29, 1.82) is 0 Å². The maximum absolute atomic E-state index is 5.56. The zero-order chi connectivity index (χ0) is 15.1. The average Bonchev–Trinajstić information content (AvgIpc) is 2.74. The molecule has 0 spiro atoms. The largest absolute Gasteiger partial charge is 0.380 e. The third-order valence-corrected chi connectivity index (χ3v) is 4.45. The molecule has 4 nitrogen and oxygen atoms in total. The topological polar surface area (TPSA) is 39.1 Å². The van der Waals surface area contributed by atoms with E-state index >= 15 is 0 Å². The summed E-state index contributed by atoms with van der Waals surface area (Å²) in [5.74, 6) is 0.545. The quantitative estimate of drug-likeness (QED) is 0.745. The van der Waals surface area contributed by atoms with E-state index in [0.29, 0.717) is 12.0 Å². The first-order valence-electron chi connectivity index (χ1n) is 7.60. The number of hydrogen-bond donors (Lipinski definition) is 1. The van der Waals surface area contributed by atoms with Gasteiger partial charge < -0.3 is 10.1 Å². The molecule has 0 fully saturated rings. The second kappa shape index (κ2) is 8.80.